The second-order valence-electron chi connectivity index (χ2n) is 2.97. The van der Waals surface area contributed by atoms with Gasteiger partial charge in [-0.3, -0.25) is 9.59 Å². The van der Waals surface area contributed by atoms with E-state index in [-0.39, 0.29) is 17.5 Å². The van der Waals surface area contributed by atoms with Crippen LogP contribution in [0.3, 0.4) is 0 Å². The van der Waals surface area contributed by atoms with Crippen LogP contribution in [0.4, 0.5) is 0 Å². The van der Waals surface area contributed by atoms with Crippen molar-refractivity contribution in [2.24, 2.45) is 0 Å². The molecular formula is C10H16N2O2. The third-order valence-corrected chi connectivity index (χ3v) is 1.46. The molecule has 0 fully saturated rings. The first kappa shape index (κ1) is 12.4. The van der Waals surface area contributed by atoms with Crippen molar-refractivity contribution in [1.29, 1.82) is 0 Å². The summed E-state index contributed by atoms with van der Waals surface area (Å²) in [5.74, 6) is -0.747. The fraction of sp³-hybridized carbons (Fsp3) is 0.400. The van der Waals surface area contributed by atoms with Gasteiger partial charge in [-0.2, -0.15) is 0 Å². The Kier molecular flexibility index (Phi) is 5.29. The van der Waals surface area contributed by atoms with Crippen LogP contribution in [0.5, 0.6) is 0 Å². The van der Waals surface area contributed by atoms with Gasteiger partial charge in [-0.25, -0.2) is 0 Å². The van der Waals surface area contributed by atoms with E-state index in [0.717, 1.165) is 6.42 Å². The zero-order valence-corrected chi connectivity index (χ0v) is 8.64. The second-order valence-corrected chi connectivity index (χ2v) is 2.97. The Morgan fingerprint density at radius 3 is 2.21 bits per heavy atom. The van der Waals surface area contributed by atoms with E-state index < -0.39 is 0 Å². The SMILES string of the molecule is C=C(C)C(=O)NC(=C)C(=O)NCCC. The van der Waals surface area contributed by atoms with Gasteiger partial charge in [0, 0.05) is 12.1 Å². The molecule has 0 saturated carbocycles. The van der Waals surface area contributed by atoms with Crippen LogP contribution < -0.4 is 10.6 Å². The number of hydrogen-bond donors (Lipinski definition) is 2. The minimum absolute atomic E-state index is 0.0476. The first-order valence-corrected chi connectivity index (χ1v) is 4.43. The molecule has 0 rings (SSSR count). The summed E-state index contributed by atoms with van der Waals surface area (Å²) in [6.07, 6.45) is 0.841. The van der Waals surface area contributed by atoms with Gasteiger partial charge in [-0.05, 0) is 13.3 Å². The monoisotopic (exact) mass is 196 g/mol. The number of carbonyl (C=O) groups is 2. The van der Waals surface area contributed by atoms with E-state index in [0.29, 0.717) is 12.1 Å². The van der Waals surface area contributed by atoms with Crippen LogP contribution in [-0.2, 0) is 9.59 Å². The highest BCUT2D eigenvalue weighted by atomic mass is 16.2. The van der Waals surface area contributed by atoms with Crippen LogP contribution in [0.1, 0.15) is 20.3 Å². The molecule has 2 N–H and O–H groups in total. The predicted molar refractivity (Wildman–Crippen MR) is 55.4 cm³/mol. The quantitative estimate of drug-likeness (QED) is 0.636. The van der Waals surface area contributed by atoms with Crippen molar-refractivity contribution in [2.45, 2.75) is 20.3 Å². The molecular weight excluding hydrogens is 180 g/mol. The normalized spacial score (nSPS) is 9.00. The maximum Gasteiger partial charge on any atom is 0.267 e. The van der Waals surface area contributed by atoms with Crippen molar-refractivity contribution in [1.82, 2.24) is 10.6 Å². The van der Waals surface area contributed by atoms with E-state index >= 15 is 0 Å². The van der Waals surface area contributed by atoms with Crippen LogP contribution in [-0.4, -0.2) is 18.4 Å². The molecule has 2 amide bonds. The molecule has 0 radical (unpaired) electrons. The van der Waals surface area contributed by atoms with Crippen molar-refractivity contribution < 1.29 is 9.59 Å². The Morgan fingerprint density at radius 1 is 1.21 bits per heavy atom. The first-order chi connectivity index (χ1) is 6.49. The lowest BCUT2D eigenvalue weighted by molar-refractivity contribution is -0.121. The van der Waals surface area contributed by atoms with Gasteiger partial charge in [0.15, 0.2) is 0 Å². The minimum atomic E-state index is -0.387. The third kappa shape index (κ3) is 4.45. The average molecular weight is 196 g/mol. The lowest BCUT2D eigenvalue weighted by Crippen LogP contribution is -2.34. The van der Waals surface area contributed by atoms with Gasteiger partial charge in [0.1, 0.15) is 0 Å². The van der Waals surface area contributed by atoms with Gasteiger partial charge in [-0.1, -0.05) is 20.1 Å². The van der Waals surface area contributed by atoms with E-state index in [1.807, 2.05) is 6.92 Å². The van der Waals surface area contributed by atoms with Gasteiger partial charge in [0.25, 0.3) is 11.8 Å². The molecule has 0 bridgehead atoms. The second kappa shape index (κ2) is 5.96. The maximum atomic E-state index is 11.2. The van der Waals surface area contributed by atoms with Crippen molar-refractivity contribution in [3.8, 4) is 0 Å². The number of carbonyl (C=O) groups excluding carboxylic acids is 2. The lowest BCUT2D eigenvalue weighted by atomic mass is 10.3. The zero-order valence-electron chi connectivity index (χ0n) is 8.64. The highest BCUT2D eigenvalue weighted by molar-refractivity contribution is 6.01. The van der Waals surface area contributed by atoms with E-state index in [1.165, 1.54) is 0 Å². The molecule has 0 aromatic carbocycles. The summed E-state index contributed by atoms with van der Waals surface area (Å²) < 4.78 is 0. The molecule has 0 aliphatic heterocycles. The van der Waals surface area contributed by atoms with E-state index in [2.05, 4.69) is 23.8 Å². The summed E-state index contributed by atoms with van der Waals surface area (Å²) in [6.45, 7) is 11.0. The third-order valence-electron chi connectivity index (χ3n) is 1.46. The summed E-state index contributed by atoms with van der Waals surface area (Å²) in [6, 6.07) is 0. The van der Waals surface area contributed by atoms with Crippen molar-refractivity contribution in [2.75, 3.05) is 6.54 Å². The van der Waals surface area contributed by atoms with Crippen molar-refractivity contribution >= 4 is 11.8 Å². The van der Waals surface area contributed by atoms with Gasteiger partial charge in [-0.15, -0.1) is 0 Å². The van der Waals surface area contributed by atoms with Gasteiger partial charge in [0.05, 0.1) is 5.70 Å². The lowest BCUT2D eigenvalue weighted by Gasteiger charge is -2.07. The van der Waals surface area contributed by atoms with Crippen LogP contribution in [0, 0.1) is 0 Å². The summed E-state index contributed by atoms with van der Waals surface area (Å²) in [5, 5.41) is 4.94. The molecule has 0 spiro atoms. The van der Waals surface area contributed by atoms with Crippen LogP contribution in [0.15, 0.2) is 24.4 Å². The summed E-state index contributed by atoms with van der Waals surface area (Å²) in [4.78, 5) is 22.3. The Labute approximate surface area is 84.1 Å². The fourth-order valence-electron chi connectivity index (χ4n) is 0.646. The molecule has 0 unspecified atom stereocenters. The molecule has 0 heterocycles. The maximum absolute atomic E-state index is 11.2. The van der Waals surface area contributed by atoms with E-state index in [1.54, 1.807) is 6.92 Å². The first-order valence-electron chi connectivity index (χ1n) is 4.43. The van der Waals surface area contributed by atoms with Crippen LogP contribution in [0.2, 0.25) is 0 Å². The number of rotatable bonds is 5. The Morgan fingerprint density at radius 2 is 1.79 bits per heavy atom. The van der Waals surface area contributed by atoms with Crippen LogP contribution >= 0.6 is 0 Å². The van der Waals surface area contributed by atoms with E-state index in [4.69, 9.17) is 0 Å². The Hall–Kier alpha value is -1.58. The molecule has 0 aromatic rings. The standard InChI is InChI=1S/C10H16N2O2/c1-5-6-11-10(14)8(4)12-9(13)7(2)3/h2,4-6H2,1,3H3,(H,11,14)(H,12,13). The molecule has 14 heavy (non-hydrogen) atoms. The highest BCUT2D eigenvalue weighted by Gasteiger charge is 2.09. The number of nitrogens with one attached hydrogen (secondary N) is 2. The molecule has 0 aromatic heterocycles. The molecule has 0 saturated heterocycles. The van der Waals surface area contributed by atoms with E-state index in [9.17, 15) is 9.59 Å². The van der Waals surface area contributed by atoms with Crippen molar-refractivity contribution in [3.05, 3.63) is 24.4 Å². The Bertz CT molecular complexity index is 269. The summed E-state index contributed by atoms with van der Waals surface area (Å²) in [5.41, 5.74) is 0.390. The summed E-state index contributed by atoms with van der Waals surface area (Å²) in [7, 11) is 0. The average Bonchev–Trinajstić information content (AvgIpc) is 2.13. The van der Waals surface area contributed by atoms with Crippen LogP contribution in [0.25, 0.3) is 0 Å². The highest BCUT2D eigenvalue weighted by Crippen LogP contribution is 1.91. The zero-order chi connectivity index (χ0) is 11.1. The number of amides is 2. The smallest absolute Gasteiger partial charge is 0.267 e. The topological polar surface area (TPSA) is 58.2 Å². The summed E-state index contributed by atoms with van der Waals surface area (Å²) >= 11 is 0. The molecule has 0 aliphatic carbocycles. The molecule has 78 valence electrons. The Balaban J connectivity index is 4.02. The number of hydrogen-bond acceptors (Lipinski definition) is 2. The van der Waals surface area contributed by atoms with Gasteiger partial charge in [0.2, 0.25) is 0 Å². The van der Waals surface area contributed by atoms with Gasteiger partial charge >= 0.3 is 0 Å². The molecule has 4 nitrogen and oxygen atoms in total. The molecule has 4 heteroatoms. The van der Waals surface area contributed by atoms with Crippen molar-refractivity contribution in [3.63, 3.8) is 0 Å². The minimum Gasteiger partial charge on any atom is -0.351 e. The molecule has 0 atom stereocenters. The largest absolute Gasteiger partial charge is 0.351 e. The van der Waals surface area contributed by atoms with Gasteiger partial charge < -0.3 is 10.6 Å². The molecule has 0 aliphatic rings. The fourth-order valence-corrected chi connectivity index (χ4v) is 0.646. The predicted octanol–water partition coefficient (Wildman–Crippen LogP) is 0.719.